The van der Waals surface area contributed by atoms with Gasteiger partial charge in [0.25, 0.3) is 5.69 Å². The predicted octanol–water partition coefficient (Wildman–Crippen LogP) is 2.32. The first kappa shape index (κ1) is 12.8. The lowest BCUT2D eigenvalue weighted by molar-refractivity contribution is -0.384. The number of rotatable bonds is 6. The highest BCUT2D eigenvalue weighted by Crippen LogP contribution is 2.34. The van der Waals surface area contributed by atoms with Crippen molar-refractivity contribution in [1.82, 2.24) is 0 Å². The molecule has 2 rings (SSSR count). The van der Waals surface area contributed by atoms with Crippen molar-refractivity contribution in [3.63, 3.8) is 0 Å². The van der Waals surface area contributed by atoms with Gasteiger partial charge in [0.2, 0.25) is 0 Å². The summed E-state index contributed by atoms with van der Waals surface area (Å²) in [6, 6.07) is 4.76. The van der Waals surface area contributed by atoms with Crippen molar-refractivity contribution < 1.29 is 10.0 Å². The summed E-state index contributed by atoms with van der Waals surface area (Å²) >= 11 is 0. The van der Waals surface area contributed by atoms with Gasteiger partial charge in [0.1, 0.15) is 5.69 Å². The lowest BCUT2D eigenvalue weighted by atomic mass is 10.1. The van der Waals surface area contributed by atoms with Gasteiger partial charge in [0, 0.05) is 19.7 Å². The Kier molecular flexibility index (Phi) is 3.81. The highest BCUT2D eigenvalue weighted by molar-refractivity contribution is 5.64. The summed E-state index contributed by atoms with van der Waals surface area (Å²) in [5.74, 6) is 0.799. The van der Waals surface area contributed by atoms with Crippen LogP contribution in [0.3, 0.4) is 0 Å². The minimum absolute atomic E-state index is 0.0958. The van der Waals surface area contributed by atoms with Crippen LogP contribution < -0.4 is 4.90 Å². The van der Waals surface area contributed by atoms with E-state index in [2.05, 4.69) is 0 Å². The van der Waals surface area contributed by atoms with E-state index in [0.29, 0.717) is 11.3 Å². The van der Waals surface area contributed by atoms with Gasteiger partial charge in [0.05, 0.1) is 11.5 Å². The number of benzene rings is 1. The largest absolute Gasteiger partial charge is 0.392 e. The number of aliphatic hydroxyl groups is 1. The van der Waals surface area contributed by atoms with Crippen molar-refractivity contribution in [3.05, 3.63) is 33.9 Å². The molecule has 0 radical (unpaired) electrons. The van der Waals surface area contributed by atoms with E-state index in [1.165, 1.54) is 18.9 Å². The highest BCUT2D eigenvalue weighted by atomic mass is 16.6. The van der Waals surface area contributed by atoms with E-state index in [9.17, 15) is 10.1 Å². The molecule has 0 aromatic heterocycles. The van der Waals surface area contributed by atoms with Crippen LogP contribution in [0.4, 0.5) is 11.4 Å². The lowest BCUT2D eigenvalue weighted by Gasteiger charge is -2.19. The summed E-state index contributed by atoms with van der Waals surface area (Å²) < 4.78 is 0. The molecule has 0 unspecified atom stereocenters. The molecule has 1 aliphatic rings. The smallest absolute Gasteiger partial charge is 0.292 e. The highest BCUT2D eigenvalue weighted by Gasteiger charge is 2.23. The van der Waals surface area contributed by atoms with E-state index in [1.54, 1.807) is 12.1 Å². The van der Waals surface area contributed by atoms with Crippen molar-refractivity contribution >= 4 is 11.4 Å². The zero-order chi connectivity index (χ0) is 13.1. The number of aliphatic hydroxyl groups excluding tert-OH is 1. The Bertz CT molecular complexity index is 444. The van der Waals surface area contributed by atoms with E-state index in [1.807, 2.05) is 11.9 Å². The third-order valence-electron chi connectivity index (χ3n) is 3.40. The first-order valence-corrected chi connectivity index (χ1v) is 6.21. The average molecular weight is 250 g/mol. The SMILES string of the molecule is CN(CCC1CC1)c1cc(CO)ccc1[N+](=O)[O-]. The van der Waals surface area contributed by atoms with Gasteiger partial charge >= 0.3 is 0 Å². The minimum atomic E-state index is -0.371. The molecule has 1 aromatic rings. The fourth-order valence-corrected chi connectivity index (χ4v) is 2.03. The van der Waals surface area contributed by atoms with Crippen molar-refractivity contribution in [2.75, 3.05) is 18.5 Å². The topological polar surface area (TPSA) is 66.6 Å². The first-order valence-electron chi connectivity index (χ1n) is 6.21. The first-order chi connectivity index (χ1) is 8.61. The van der Waals surface area contributed by atoms with Gasteiger partial charge in [-0.2, -0.15) is 0 Å². The maximum absolute atomic E-state index is 11.0. The van der Waals surface area contributed by atoms with Gasteiger partial charge in [-0.05, 0) is 30.0 Å². The molecular formula is C13H18N2O3. The van der Waals surface area contributed by atoms with Gasteiger partial charge in [-0.3, -0.25) is 10.1 Å². The molecule has 18 heavy (non-hydrogen) atoms. The quantitative estimate of drug-likeness (QED) is 0.621. The minimum Gasteiger partial charge on any atom is -0.392 e. The van der Waals surface area contributed by atoms with Gasteiger partial charge in [-0.1, -0.05) is 12.8 Å². The number of nitro benzene ring substituents is 1. The maximum atomic E-state index is 11.0. The summed E-state index contributed by atoms with van der Waals surface area (Å²) in [6.45, 7) is 0.724. The molecule has 5 nitrogen and oxygen atoms in total. The molecule has 1 aromatic carbocycles. The van der Waals surface area contributed by atoms with Crippen LogP contribution in [0.1, 0.15) is 24.8 Å². The van der Waals surface area contributed by atoms with Crippen molar-refractivity contribution in [3.8, 4) is 0 Å². The van der Waals surface area contributed by atoms with E-state index in [0.717, 1.165) is 18.9 Å². The Balaban J connectivity index is 2.17. The van der Waals surface area contributed by atoms with Crippen LogP contribution in [0.5, 0.6) is 0 Å². The molecule has 0 spiro atoms. The van der Waals surface area contributed by atoms with Crippen LogP contribution in [0, 0.1) is 16.0 Å². The summed E-state index contributed by atoms with van der Waals surface area (Å²) in [6.07, 6.45) is 3.65. The van der Waals surface area contributed by atoms with Gasteiger partial charge in [-0.15, -0.1) is 0 Å². The molecule has 0 atom stereocenters. The van der Waals surface area contributed by atoms with Crippen LogP contribution in [-0.2, 0) is 6.61 Å². The fraction of sp³-hybridized carbons (Fsp3) is 0.538. The molecular weight excluding hydrogens is 232 g/mol. The number of nitro groups is 1. The van der Waals surface area contributed by atoms with Gasteiger partial charge < -0.3 is 10.0 Å². The summed E-state index contributed by atoms with van der Waals surface area (Å²) in [5, 5.41) is 20.1. The normalized spacial score (nSPS) is 14.6. The molecule has 0 amide bonds. The van der Waals surface area contributed by atoms with Crippen molar-refractivity contribution in [2.24, 2.45) is 5.92 Å². The molecule has 5 heteroatoms. The van der Waals surface area contributed by atoms with Crippen LogP contribution in [0.25, 0.3) is 0 Å². The van der Waals surface area contributed by atoms with Crippen LogP contribution in [0.2, 0.25) is 0 Å². The molecule has 1 N–H and O–H groups in total. The molecule has 1 fully saturated rings. The number of hydrogen-bond acceptors (Lipinski definition) is 4. The van der Waals surface area contributed by atoms with E-state index < -0.39 is 0 Å². The Morgan fingerprint density at radius 1 is 1.50 bits per heavy atom. The molecule has 0 aliphatic heterocycles. The average Bonchev–Trinajstić information content (AvgIpc) is 3.19. The summed E-state index contributed by atoms with van der Waals surface area (Å²) in [7, 11) is 1.87. The van der Waals surface area contributed by atoms with Crippen LogP contribution in [0.15, 0.2) is 18.2 Å². The van der Waals surface area contributed by atoms with Crippen molar-refractivity contribution in [2.45, 2.75) is 25.9 Å². The fourth-order valence-electron chi connectivity index (χ4n) is 2.03. The van der Waals surface area contributed by atoms with Crippen molar-refractivity contribution in [1.29, 1.82) is 0 Å². The number of hydrogen-bond donors (Lipinski definition) is 1. The van der Waals surface area contributed by atoms with E-state index >= 15 is 0 Å². The Morgan fingerprint density at radius 2 is 2.22 bits per heavy atom. The van der Waals surface area contributed by atoms with E-state index in [-0.39, 0.29) is 17.2 Å². The Labute approximate surface area is 106 Å². The van der Waals surface area contributed by atoms with Gasteiger partial charge in [0.15, 0.2) is 0 Å². The van der Waals surface area contributed by atoms with Crippen LogP contribution >= 0.6 is 0 Å². The molecule has 0 bridgehead atoms. The predicted molar refractivity (Wildman–Crippen MR) is 69.6 cm³/mol. The third kappa shape index (κ3) is 2.98. The zero-order valence-electron chi connectivity index (χ0n) is 10.5. The second-order valence-electron chi connectivity index (χ2n) is 4.89. The molecule has 98 valence electrons. The Hall–Kier alpha value is -1.62. The molecule has 1 saturated carbocycles. The zero-order valence-corrected chi connectivity index (χ0v) is 10.5. The second-order valence-corrected chi connectivity index (χ2v) is 4.89. The monoisotopic (exact) mass is 250 g/mol. The second kappa shape index (κ2) is 5.35. The summed E-state index contributed by atoms with van der Waals surface area (Å²) in [4.78, 5) is 12.5. The molecule has 1 aliphatic carbocycles. The van der Waals surface area contributed by atoms with Gasteiger partial charge in [-0.25, -0.2) is 0 Å². The standard InChI is InChI=1S/C13H18N2O3/c1-14(7-6-10-2-3-10)13-8-11(9-16)4-5-12(13)15(17)18/h4-5,8,10,16H,2-3,6-7,9H2,1H3. The molecule has 0 saturated heterocycles. The summed E-state index contributed by atoms with van der Waals surface area (Å²) in [5.41, 5.74) is 1.39. The third-order valence-corrected chi connectivity index (χ3v) is 3.40. The van der Waals surface area contributed by atoms with Crippen LogP contribution in [-0.4, -0.2) is 23.6 Å². The maximum Gasteiger partial charge on any atom is 0.292 e. The lowest BCUT2D eigenvalue weighted by Crippen LogP contribution is -2.20. The Morgan fingerprint density at radius 3 is 2.78 bits per heavy atom. The van der Waals surface area contributed by atoms with E-state index in [4.69, 9.17) is 5.11 Å². The molecule has 0 heterocycles. The number of nitrogens with zero attached hydrogens (tertiary/aromatic N) is 2. The number of anilines is 1.